The van der Waals surface area contributed by atoms with Gasteiger partial charge in [-0.3, -0.25) is 4.79 Å². The van der Waals surface area contributed by atoms with Crippen molar-refractivity contribution in [1.82, 2.24) is 9.88 Å². The summed E-state index contributed by atoms with van der Waals surface area (Å²) >= 11 is 0. The van der Waals surface area contributed by atoms with Crippen molar-refractivity contribution < 1.29 is 30.0 Å². The molecule has 4 atom stereocenters. The molecule has 0 aliphatic carbocycles. The van der Waals surface area contributed by atoms with E-state index in [1.807, 2.05) is 29.8 Å². The van der Waals surface area contributed by atoms with Crippen molar-refractivity contribution in [2.24, 2.45) is 7.05 Å². The number of hydrogen-bond acceptors (Lipinski definition) is 8. The van der Waals surface area contributed by atoms with E-state index in [2.05, 4.69) is 46.6 Å². The van der Waals surface area contributed by atoms with E-state index < -0.39 is 36.9 Å². The molecule has 0 spiro atoms. The molecule has 1 aliphatic rings. The first kappa shape index (κ1) is 29.3. The Kier molecular flexibility index (Phi) is 9.25. The lowest BCUT2D eigenvalue weighted by atomic mass is 10.0. The molecular formula is C30H36N4O6. The van der Waals surface area contributed by atoms with E-state index in [9.17, 15) is 30.5 Å². The molecule has 0 bridgehead atoms. The van der Waals surface area contributed by atoms with Gasteiger partial charge in [-0.1, -0.05) is 18.2 Å². The molecule has 1 aromatic heterocycles. The van der Waals surface area contributed by atoms with Crippen LogP contribution in [-0.2, 0) is 16.6 Å². The first-order valence-corrected chi connectivity index (χ1v) is 13.3. The highest BCUT2D eigenvalue weighted by Gasteiger charge is 2.29. The van der Waals surface area contributed by atoms with Gasteiger partial charge in [0.2, 0.25) is 0 Å². The van der Waals surface area contributed by atoms with Crippen LogP contribution in [0.1, 0.15) is 19.5 Å². The van der Waals surface area contributed by atoms with Crippen LogP contribution in [0.15, 0.2) is 54.1 Å². The molecule has 0 unspecified atom stereocenters. The Labute approximate surface area is 233 Å². The maximum Gasteiger partial charge on any atom is 0.262 e. The second-order valence-corrected chi connectivity index (χ2v) is 10.1. The van der Waals surface area contributed by atoms with Crippen LogP contribution in [0, 0.1) is 11.3 Å². The van der Waals surface area contributed by atoms with Crippen molar-refractivity contribution >= 4 is 27.9 Å². The van der Waals surface area contributed by atoms with Crippen LogP contribution in [0.5, 0.6) is 0 Å². The number of carbonyl (C=O) groups is 1. The van der Waals surface area contributed by atoms with E-state index in [1.54, 1.807) is 6.92 Å². The smallest absolute Gasteiger partial charge is 0.262 e. The summed E-state index contributed by atoms with van der Waals surface area (Å²) in [6.45, 7) is 5.75. The predicted molar refractivity (Wildman–Crippen MR) is 152 cm³/mol. The van der Waals surface area contributed by atoms with Gasteiger partial charge in [-0.2, -0.15) is 5.26 Å². The van der Waals surface area contributed by atoms with Gasteiger partial charge in [0, 0.05) is 43.8 Å². The van der Waals surface area contributed by atoms with Gasteiger partial charge in [0.15, 0.2) is 0 Å². The van der Waals surface area contributed by atoms with Crippen LogP contribution < -0.4 is 10.2 Å². The molecule has 0 saturated carbocycles. The Bertz CT molecular complexity index is 1430. The third-order valence-corrected chi connectivity index (χ3v) is 7.43. The standard InChI is InChI=1S/C30H36N4O6/c1-18(24(16-31)30(39)32-17-27(36)29(38)28(37)19(2)35)25-8-9-26(33(25)3)22-5-4-21-15-23(7-6-20(21)14-22)34-10-12-40-13-11-34/h4-9,14-15,19,27-29,35-38H,10-13,17H2,1-3H3,(H,32,39)/b24-18+/t19-,27+,28+,29+/m0/s1. The average Bonchev–Trinajstić information content (AvgIpc) is 3.36. The van der Waals surface area contributed by atoms with Gasteiger partial charge in [-0.25, -0.2) is 0 Å². The number of nitrogens with zero attached hydrogens (tertiary/aromatic N) is 3. The Hall–Kier alpha value is -3.72. The molecular weight excluding hydrogens is 512 g/mol. The third kappa shape index (κ3) is 6.20. The van der Waals surface area contributed by atoms with E-state index in [0.29, 0.717) is 11.3 Å². The number of anilines is 1. The number of carbonyl (C=O) groups excluding carboxylic acids is 1. The zero-order chi connectivity index (χ0) is 29.0. The van der Waals surface area contributed by atoms with E-state index in [-0.39, 0.29) is 5.57 Å². The molecule has 5 N–H and O–H groups in total. The third-order valence-electron chi connectivity index (χ3n) is 7.43. The van der Waals surface area contributed by atoms with Gasteiger partial charge in [0.25, 0.3) is 5.91 Å². The number of rotatable bonds is 9. The fourth-order valence-electron chi connectivity index (χ4n) is 4.94. The minimum absolute atomic E-state index is 0.139. The lowest BCUT2D eigenvalue weighted by Gasteiger charge is -2.29. The number of nitriles is 1. The second-order valence-electron chi connectivity index (χ2n) is 10.1. The number of fused-ring (bicyclic) bond motifs is 1. The fraction of sp³-hybridized carbons (Fsp3) is 0.400. The SMILES string of the molecule is C/C(=C(/C#N)C(=O)NC[C@@H](O)[C@@H](O)[C@H](O)[C@H](C)O)c1ccc(-c2ccc3cc(N4CCOCC4)ccc3c2)n1C. The predicted octanol–water partition coefficient (Wildman–Crippen LogP) is 1.56. The molecule has 2 aromatic carbocycles. The lowest BCUT2D eigenvalue weighted by Crippen LogP contribution is -2.48. The number of allylic oxidation sites excluding steroid dienone is 1. The number of ether oxygens (including phenoxy) is 1. The highest BCUT2D eigenvalue weighted by molar-refractivity contribution is 6.04. The molecule has 1 saturated heterocycles. The van der Waals surface area contributed by atoms with Gasteiger partial charge >= 0.3 is 0 Å². The monoisotopic (exact) mass is 548 g/mol. The Morgan fingerprint density at radius 2 is 1.70 bits per heavy atom. The number of aromatic nitrogens is 1. The van der Waals surface area contributed by atoms with Crippen LogP contribution in [0.3, 0.4) is 0 Å². The summed E-state index contributed by atoms with van der Waals surface area (Å²) in [6, 6.07) is 18.4. The number of aliphatic hydroxyl groups excluding tert-OH is 4. The van der Waals surface area contributed by atoms with Crippen molar-refractivity contribution in [3.63, 3.8) is 0 Å². The van der Waals surface area contributed by atoms with Gasteiger partial charge in [-0.05, 0) is 66.1 Å². The molecule has 1 fully saturated rings. The number of benzene rings is 2. The molecule has 0 radical (unpaired) electrons. The minimum Gasteiger partial charge on any atom is -0.391 e. The number of aliphatic hydroxyl groups is 4. The van der Waals surface area contributed by atoms with Gasteiger partial charge < -0.3 is 39.9 Å². The van der Waals surface area contributed by atoms with Crippen molar-refractivity contribution in [3.05, 3.63) is 59.8 Å². The van der Waals surface area contributed by atoms with Crippen molar-refractivity contribution in [2.75, 3.05) is 37.7 Å². The number of nitrogens with one attached hydrogen (secondary N) is 1. The molecule has 1 amide bonds. The van der Waals surface area contributed by atoms with E-state index in [0.717, 1.165) is 48.3 Å². The van der Waals surface area contributed by atoms with Crippen molar-refractivity contribution in [1.29, 1.82) is 5.26 Å². The molecule has 212 valence electrons. The van der Waals surface area contributed by atoms with Crippen LogP contribution in [-0.4, -0.2) is 88.2 Å². The Morgan fingerprint density at radius 1 is 1.02 bits per heavy atom. The number of morpholine rings is 1. The maximum atomic E-state index is 12.8. The topological polar surface area (TPSA) is 151 Å². The van der Waals surface area contributed by atoms with Crippen LogP contribution >= 0.6 is 0 Å². The minimum atomic E-state index is -1.67. The van der Waals surface area contributed by atoms with Crippen LogP contribution in [0.2, 0.25) is 0 Å². The second kappa shape index (κ2) is 12.6. The molecule has 2 heterocycles. The summed E-state index contributed by atoms with van der Waals surface area (Å²) < 4.78 is 7.38. The van der Waals surface area contributed by atoms with Crippen molar-refractivity contribution in [3.8, 4) is 17.3 Å². The zero-order valence-electron chi connectivity index (χ0n) is 22.9. The van der Waals surface area contributed by atoms with Crippen molar-refractivity contribution in [2.45, 2.75) is 38.3 Å². The first-order chi connectivity index (χ1) is 19.1. The quantitative estimate of drug-likeness (QED) is 0.200. The van der Waals surface area contributed by atoms with E-state index in [1.165, 1.54) is 12.6 Å². The summed E-state index contributed by atoms with van der Waals surface area (Å²) in [6.07, 6.45) is -6.05. The highest BCUT2D eigenvalue weighted by Crippen LogP contribution is 2.31. The molecule has 40 heavy (non-hydrogen) atoms. The van der Waals surface area contributed by atoms with Crippen LogP contribution in [0.4, 0.5) is 5.69 Å². The normalized spacial score (nSPS) is 17.5. The van der Waals surface area contributed by atoms with Gasteiger partial charge in [0.05, 0.1) is 25.4 Å². The Morgan fingerprint density at radius 3 is 2.38 bits per heavy atom. The van der Waals surface area contributed by atoms with Crippen LogP contribution in [0.25, 0.3) is 27.6 Å². The molecule has 10 heteroatoms. The first-order valence-electron chi connectivity index (χ1n) is 13.3. The van der Waals surface area contributed by atoms with E-state index >= 15 is 0 Å². The van der Waals surface area contributed by atoms with Gasteiger partial charge in [0.1, 0.15) is 23.9 Å². The summed E-state index contributed by atoms with van der Waals surface area (Å²) in [4.78, 5) is 15.1. The molecule has 4 rings (SSSR count). The lowest BCUT2D eigenvalue weighted by molar-refractivity contribution is -0.120. The summed E-state index contributed by atoms with van der Waals surface area (Å²) in [5.41, 5.74) is 4.06. The largest absolute Gasteiger partial charge is 0.391 e. The maximum absolute atomic E-state index is 12.8. The highest BCUT2D eigenvalue weighted by atomic mass is 16.5. The number of amides is 1. The Balaban J connectivity index is 1.52. The molecule has 1 aliphatic heterocycles. The summed E-state index contributed by atoms with van der Waals surface area (Å²) in [5, 5.41) is 53.5. The summed E-state index contributed by atoms with van der Waals surface area (Å²) in [7, 11) is 1.87. The van der Waals surface area contributed by atoms with E-state index in [4.69, 9.17) is 4.74 Å². The number of hydrogen-bond donors (Lipinski definition) is 5. The average molecular weight is 549 g/mol. The molecule has 3 aromatic rings. The fourth-order valence-corrected chi connectivity index (χ4v) is 4.94. The summed E-state index contributed by atoms with van der Waals surface area (Å²) in [5.74, 6) is -0.720. The molecule has 10 nitrogen and oxygen atoms in total. The van der Waals surface area contributed by atoms with Gasteiger partial charge in [-0.15, -0.1) is 0 Å². The zero-order valence-corrected chi connectivity index (χ0v) is 22.9.